The van der Waals surface area contributed by atoms with E-state index in [0.29, 0.717) is 13.2 Å². The van der Waals surface area contributed by atoms with E-state index in [1.807, 2.05) is 19.1 Å². The first-order valence-corrected chi connectivity index (χ1v) is 7.72. The summed E-state index contributed by atoms with van der Waals surface area (Å²) in [5.74, 6) is 0.409. The molecule has 0 unspecified atom stereocenters. The zero-order chi connectivity index (χ0) is 14.3. The maximum absolute atomic E-state index is 10.6. The normalized spacial score (nSPS) is 11.3. The summed E-state index contributed by atoms with van der Waals surface area (Å²) in [5.41, 5.74) is 7.29. The molecule has 1 aromatic rings. The lowest BCUT2D eigenvalue weighted by Gasteiger charge is -2.12. The van der Waals surface area contributed by atoms with Crippen LogP contribution >= 0.6 is 0 Å². The van der Waals surface area contributed by atoms with Crippen LogP contribution in [0.2, 0.25) is 0 Å². The first kappa shape index (κ1) is 15.7. The van der Waals surface area contributed by atoms with Crippen molar-refractivity contribution in [2.45, 2.75) is 13.3 Å². The number of rotatable bonds is 8. The van der Waals surface area contributed by atoms with Gasteiger partial charge < -0.3 is 15.8 Å². The van der Waals surface area contributed by atoms with Crippen molar-refractivity contribution in [1.29, 1.82) is 0 Å². The fourth-order valence-electron chi connectivity index (χ4n) is 1.64. The smallest absolute Gasteiger partial charge is 0.266 e. The Bertz CT molecular complexity index is 502. The van der Waals surface area contributed by atoms with Crippen LogP contribution in [-0.4, -0.2) is 38.4 Å². The molecule has 0 spiro atoms. The molecule has 0 aliphatic carbocycles. The SMILES string of the molecule is CCOc1cc(NCCS(=O)(=O)O)ccc1CCN. The molecular weight excluding hydrogens is 268 g/mol. The Kier molecular flexibility index (Phi) is 6.07. The molecule has 0 saturated carbocycles. The van der Waals surface area contributed by atoms with Crippen LogP contribution < -0.4 is 15.8 Å². The van der Waals surface area contributed by atoms with Crippen molar-refractivity contribution in [1.82, 2.24) is 0 Å². The highest BCUT2D eigenvalue weighted by atomic mass is 32.2. The molecule has 4 N–H and O–H groups in total. The second kappa shape index (κ2) is 7.32. The Morgan fingerprint density at radius 1 is 1.42 bits per heavy atom. The van der Waals surface area contributed by atoms with E-state index in [-0.39, 0.29) is 12.3 Å². The van der Waals surface area contributed by atoms with Gasteiger partial charge in [-0.15, -0.1) is 0 Å². The third kappa shape index (κ3) is 5.91. The summed E-state index contributed by atoms with van der Waals surface area (Å²) in [6.45, 7) is 3.12. The minimum Gasteiger partial charge on any atom is -0.494 e. The Hall–Kier alpha value is -1.31. The van der Waals surface area contributed by atoms with Crippen LogP contribution in [0.3, 0.4) is 0 Å². The Balaban J connectivity index is 2.71. The van der Waals surface area contributed by atoms with Gasteiger partial charge in [-0.3, -0.25) is 4.55 Å². The quantitative estimate of drug-likeness (QED) is 0.614. The van der Waals surface area contributed by atoms with Gasteiger partial charge in [-0.05, 0) is 31.5 Å². The van der Waals surface area contributed by atoms with Gasteiger partial charge in [0.05, 0.1) is 12.4 Å². The Labute approximate surface area is 113 Å². The average molecular weight is 288 g/mol. The van der Waals surface area contributed by atoms with Gasteiger partial charge >= 0.3 is 0 Å². The minimum atomic E-state index is -3.94. The van der Waals surface area contributed by atoms with Crippen molar-refractivity contribution in [3.05, 3.63) is 23.8 Å². The maximum Gasteiger partial charge on any atom is 0.266 e. The predicted octanol–water partition coefficient (Wildman–Crippen LogP) is 0.886. The molecular formula is C12H20N2O4S. The molecule has 0 heterocycles. The van der Waals surface area contributed by atoms with Crippen molar-refractivity contribution in [3.63, 3.8) is 0 Å². The zero-order valence-electron chi connectivity index (χ0n) is 10.9. The van der Waals surface area contributed by atoms with E-state index < -0.39 is 10.1 Å². The van der Waals surface area contributed by atoms with Gasteiger partial charge in [-0.1, -0.05) is 6.07 Å². The summed E-state index contributed by atoms with van der Waals surface area (Å²) in [7, 11) is -3.94. The molecule has 1 aromatic carbocycles. The van der Waals surface area contributed by atoms with Crippen LogP contribution in [0.15, 0.2) is 18.2 Å². The molecule has 0 atom stereocenters. The van der Waals surface area contributed by atoms with E-state index in [9.17, 15) is 8.42 Å². The third-order valence-electron chi connectivity index (χ3n) is 2.47. The fraction of sp³-hybridized carbons (Fsp3) is 0.500. The van der Waals surface area contributed by atoms with Gasteiger partial charge in [0.2, 0.25) is 0 Å². The van der Waals surface area contributed by atoms with Crippen LogP contribution in [0.25, 0.3) is 0 Å². The zero-order valence-corrected chi connectivity index (χ0v) is 11.7. The first-order valence-electron chi connectivity index (χ1n) is 6.11. The third-order valence-corrected chi connectivity index (χ3v) is 3.19. The largest absolute Gasteiger partial charge is 0.494 e. The van der Waals surface area contributed by atoms with Gasteiger partial charge in [0.15, 0.2) is 0 Å². The summed E-state index contributed by atoms with van der Waals surface area (Å²) in [6, 6.07) is 5.53. The van der Waals surface area contributed by atoms with Gasteiger partial charge in [0, 0.05) is 18.3 Å². The molecule has 0 aromatic heterocycles. The number of nitrogens with two attached hydrogens (primary N) is 1. The average Bonchev–Trinajstić information content (AvgIpc) is 2.31. The lowest BCUT2D eigenvalue weighted by molar-refractivity contribution is 0.337. The number of hydrogen-bond acceptors (Lipinski definition) is 5. The fourth-order valence-corrected chi connectivity index (χ4v) is 2.00. The topological polar surface area (TPSA) is 102 Å². The van der Waals surface area contributed by atoms with Crippen LogP contribution in [0.5, 0.6) is 5.75 Å². The van der Waals surface area contributed by atoms with Crippen LogP contribution in [-0.2, 0) is 16.5 Å². The molecule has 1 rings (SSSR count). The summed E-state index contributed by atoms with van der Waals surface area (Å²) >= 11 is 0. The lowest BCUT2D eigenvalue weighted by atomic mass is 10.1. The van der Waals surface area contributed by atoms with Gasteiger partial charge in [0.25, 0.3) is 10.1 Å². The summed E-state index contributed by atoms with van der Waals surface area (Å²) in [4.78, 5) is 0. The van der Waals surface area contributed by atoms with Gasteiger partial charge in [0.1, 0.15) is 5.75 Å². The highest BCUT2D eigenvalue weighted by Gasteiger charge is 2.06. The molecule has 19 heavy (non-hydrogen) atoms. The maximum atomic E-state index is 10.6. The van der Waals surface area contributed by atoms with Gasteiger partial charge in [-0.25, -0.2) is 0 Å². The molecule has 0 aliphatic heterocycles. The van der Waals surface area contributed by atoms with E-state index in [1.165, 1.54) is 0 Å². The highest BCUT2D eigenvalue weighted by molar-refractivity contribution is 7.85. The molecule has 0 bridgehead atoms. The summed E-state index contributed by atoms with van der Waals surface area (Å²) in [5, 5.41) is 2.92. The second-order valence-corrected chi connectivity index (χ2v) is 5.58. The number of benzene rings is 1. The molecule has 0 fully saturated rings. The molecule has 0 aliphatic rings. The monoisotopic (exact) mass is 288 g/mol. The molecule has 0 amide bonds. The number of nitrogens with one attached hydrogen (secondary N) is 1. The van der Waals surface area contributed by atoms with Crippen LogP contribution in [0.1, 0.15) is 12.5 Å². The predicted molar refractivity (Wildman–Crippen MR) is 75.3 cm³/mol. The minimum absolute atomic E-state index is 0.140. The molecule has 108 valence electrons. The van der Waals surface area contributed by atoms with Gasteiger partial charge in [-0.2, -0.15) is 8.42 Å². The Morgan fingerprint density at radius 2 is 2.16 bits per heavy atom. The van der Waals surface area contributed by atoms with Crippen molar-refractivity contribution in [2.24, 2.45) is 5.73 Å². The lowest BCUT2D eigenvalue weighted by Crippen LogP contribution is -2.14. The number of hydrogen-bond donors (Lipinski definition) is 3. The standard InChI is InChI=1S/C12H20N2O4S/c1-2-18-12-9-11(4-3-10(12)5-6-13)14-7-8-19(15,16)17/h3-4,9,14H,2,5-8,13H2,1H3,(H,15,16,17). The van der Waals surface area contributed by atoms with E-state index >= 15 is 0 Å². The first-order chi connectivity index (χ1) is 8.96. The molecule has 7 heteroatoms. The highest BCUT2D eigenvalue weighted by Crippen LogP contribution is 2.23. The number of ether oxygens (including phenoxy) is 1. The van der Waals surface area contributed by atoms with E-state index in [4.69, 9.17) is 15.0 Å². The van der Waals surface area contributed by atoms with E-state index in [0.717, 1.165) is 23.4 Å². The molecule has 0 radical (unpaired) electrons. The summed E-state index contributed by atoms with van der Waals surface area (Å²) < 4.78 is 35.4. The van der Waals surface area contributed by atoms with Crippen LogP contribution in [0, 0.1) is 0 Å². The molecule has 0 saturated heterocycles. The summed E-state index contributed by atoms with van der Waals surface area (Å²) in [6.07, 6.45) is 0.723. The van der Waals surface area contributed by atoms with E-state index in [2.05, 4.69) is 5.32 Å². The molecule has 6 nitrogen and oxygen atoms in total. The number of anilines is 1. The van der Waals surface area contributed by atoms with E-state index in [1.54, 1.807) is 6.07 Å². The van der Waals surface area contributed by atoms with Crippen molar-refractivity contribution in [2.75, 3.05) is 30.8 Å². The van der Waals surface area contributed by atoms with Crippen molar-refractivity contribution in [3.8, 4) is 5.75 Å². The second-order valence-electron chi connectivity index (χ2n) is 4.01. The van der Waals surface area contributed by atoms with Crippen molar-refractivity contribution < 1.29 is 17.7 Å². The Morgan fingerprint density at radius 3 is 2.74 bits per heavy atom. The van der Waals surface area contributed by atoms with Crippen molar-refractivity contribution >= 4 is 15.8 Å². The van der Waals surface area contributed by atoms with Crippen LogP contribution in [0.4, 0.5) is 5.69 Å².